The largest absolute Gasteiger partial charge is 0.486 e. The summed E-state index contributed by atoms with van der Waals surface area (Å²) in [6, 6.07) is 4.04. The third-order valence-corrected chi connectivity index (χ3v) is 4.90. The van der Waals surface area contributed by atoms with Gasteiger partial charge in [0, 0.05) is 9.85 Å². The van der Waals surface area contributed by atoms with Crippen molar-refractivity contribution in [3.8, 4) is 5.75 Å². The van der Waals surface area contributed by atoms with Crippen LogP contribution in [-0.2, 0) is 12.5 Å². The fourth-order valence-electron chi connectivity index (χ4n) is 1.61. The van der Waals surface area contributed by atoms with Crippen molar-refractivity contribution >= 4 is 38.9 Å². The van der Waals surface area contributed by atoms with Crippen molar-refractivity contribution in [2.45, 2.75) is 26.3 Å². The van der Waals surface area contributed by atoms with E-state index < -0.39 is 0 Å². The molecule has 0 N–H and O–H groups in total. The molecule has 1 aromatic heterocycles. The number of aromatic nitrogens is 1. The number of hydrogen-bond donors (Lipinski definition) is 0. The first-order valence-corrected chi connectivity index (χ1v) is 7.69. The molecule has 0 radical (unpaired) electrons. The number of hydrogen-bond acceptors (Lipinski definition) is 3. The number of nitrogens with zero attached hydrogens (tertiary/aromatic N) is 1. The summed E-state index contributed by atoms with van der Waals surface area (Å²) in [7, 11) is 0. The zero-order valence-corrected chi connectivity index (χ0v) is 13.3. The van der Waals surface area contributed by atoms with Gasteiger partial charge in [0.1, 0.15) is 17.4 Å². The molecular weight excluding hydrogens is 334 g/mol. The van der Waals surface area contributed by atoms with Gasteiger partial charge in [-0.15, -0.1) is 22.9 Å². The number of halogens is 2. The summed E-state index contributed by atoms with van der Waals surface area (Å²) in [6.45, 7) is 4.60. The Kier molecular flexibility index (Phi) is 4.65. The molecule has 0 fully saturated rings. The molecule has 0 unspecified atom stereocenters. The first-order chi connectivity index (χ1) is 8.60. The van der Waals surface area contributed by atoms with Gasteiger partial charge in [0.05, 0.1) is 11.6 Å². The molecule has 5 heteroatoms. The van der Waals surface area contributed by atoms with Crippen molar-refractivity contribution in [2.75, 3.05) is 0 Å². The second-order valence-electron chi connectivity index (χ2n) is 4.03. The maximum absolute atomic E-state index is 5.75. The van der Waals surface area contributed by atoms with E-state index in [9.17, 15) is 0 Å². The van der Waals surface area contributed by atoms with Crippen molar-refractivity contribution in [1.29, 1.82) is 0 Å². The molecule has 0 aliphatic carbocycles. The van der Waals surface area contributed by atoms with Gasteiger partial charge in [-0.2, -0.15) is 0 Å². The number of alkyl halides is 1. The Hall–Kier alpha value is -0.580. The van der Waals surface area contributed by atoms with Gasteiger partial charge in [-0.25, -0.2) is 4.98 Å². The second kappa shape index (κ2) is 6.04. The van der Waals surface area contributed by atoms with Gasteiger partial charge in [-0.05, 0) is 37.1 Å². The minimum absolute atomic E-state index is 0.451. The van der Waals surface area contributed by atoms with Crippen LogP contribution in [0.4, 0.5) is 0 Å². The summed E-state index contributed by atoms with van der Waals surface area (Å²) in [5.41, 5.74) is 3.25. The lowest BCUT2D eigenvalue weighted by molar-refractivity contribution is 0.305. The second-order valence-corrected chi connectivity index (χ2v) is 6.03. The van der Waals surface area contributed by atoms with Gasteiger partial charge >= 0.3 is 0 Å². The van der Waals surface area contributed by atoms with E-state index in [0.29, 0.717) is 12.5 Å². The third-order valence-electron chi connectivity index (χ3n) is 2.51. The van der Waals surface area contributed by atoms with Crippen LogP contribution in [0.2, 0.25) is 0 Å². The molecule has 96 valence electrons. The Balaban J connectivity index is 2.06. The van der Waals surface area contributed by atoms with Gasteiger partial charge in [-0.3, -0.25) is 0 Å². The highest BCUT2D eigenvalue weighted by molar-refractivity contribution is 9.10. The fourth-order valence-corrected chi connectivity index (χ4v) is 2.77. The molecule has 0 bridgehead atoms. The lowest BCUT2D eigenvalue weighted by Crippen LogP contribution is -1.96. The number of thiazole rings is 1. The first kappa shape index (κ1) is 13.8. The topological polar surface area (TPSA) is 22.1 Å². The van der Waals surface area contributed by atoms with Crippen LogP contribution < -0.4 is 4.74 Å². The molecule has 1 aromatic carbocycles. The summed E-state index contributed by atoms with van der Waals surface area (Å²) in [4.78, 5) is 4.36. The number of benzene rings is 1. The Morgan fingerprint density at radius 1 is 1.33 bits per heavy atom. The van der Waals surface area contributed by atoms with Crippen LogP contribution in [0.25, 0.3) is 0 Å². The Morgan fingerprint density at radius 3 is 2.56 bits per heavy atom. The van der Waals surface area contributed by atoms with Gasteiger partial charge in [0.25, 0.3) is 0 Å². The zero-order chi connectivity index (χ0) is 13.1. The van der Waals surface area contributed by atoms with Gasteiger partial charge < -0.3 is 4.74 Å². The minimum atomic E-state index is 0.451. The summed E-state index contributed by atoms with van der Waals surface area (Å²) in [5, 5.41) is 2.91. The Morgan fingerprint density at radius 2 is 2.00 bits per heavy atom. The van der Waals surface area contributed by atoms with Gasteiger partial charge in [0.2, 0.25) is 0 Å². The van der Waals surface area contributed by atoms with E-state index >= 15 is 0 Å². The van der Waals surface area contributed by atoms with E-state index in [-0.39, 0.29) is 0 Å². The third kappa shape index (κ3) is 3.25. The highest BCUT2D eigenvalue weighted by atomic mass is 79.9. The van der Waals surface area contributed by atoms with Crippen molar-refractivity contribution in [1.82, 2.24) is 4.98 Å². The summed E-state index contributed by atoms with van der Waals surface area (Å²) in [6.07, 6.45) is 0. The maximum atomic E-state index is 5.75. The molecule has 2 nitrogen and oxygen atoms in total. The van der Waals surface area contributed by atoms with Crippen LogP contribution in [0.3, 0.4) is 0 Å². The number of aryl methyl sites for hydroxylation is 2. The van der Waals surface area contributed by atoms with Gasteiger partial charge in [0.15, 0.2) is 0 Å². The van der Waals surface area contributed by atoms with E-state index in [1.165, 1.54) is 11.1 Å². The molecule has 0 saturated heterocycles. The summed E-state index contributed by atoms with van der Waals surface area (Å²) >= 11 is 10.8. The van der Waals surface area contributed by atoms with Crippen LogP contribution in [-0.4, -0.2) is 4.98 Å². The number of ether oxygens (including phenoxy) is 1. The molecule has 0 saturated carbocycles. The molecule has 0 spiro atoms. The van der Waals surface area contributed by atoms with Crippen LogP contribution >= 0.6 is 38.9 Å². The first-order valence-electron chi connectivity index (χ1n) is 5.49. The zero-order valence-electron chi connectivity index (χ0n) is 10.2. The van der Waals surface area contributed by atoms with E-state index in [0.717, 1.165) is 20.9 Å². The number of rotatable bonds is 4. The minimum Gasteiger partial charge on any atom is -0.486 e. The average molecular weight is 347 g/mol. The van der Waals surface area contributed by atoms with E-state index in [4.69, 9.17) is 16.3 Å². The SMILES string of the molecule is Cc1cc(OCc2nc(CCl)cs2)cc(C)c1Br. The van der Waals surface area contributed by atoms with E-state index in [2.05, 4.69) is 34.8 Å². The van der Waals surface area contributed by atoms with Crippen molar-refractivity contribution in [3.63, 3.8) is 0 Å². The quantitative estimate of drug-likeness (QED) is 0.739. The predicted octanol–water partition coefficient (Wildman–Crippen LogP) is 4.84. The smallest absolute Gasteiger partial charge is 0.140 e. The van der Waals surface area contributed by atoms with Crippen LogP contribution in [0.15, 0.2) is 22.0 Å². The summed E-state index contributed by atoms with van der Waals surface area (Å²) in [5.74, 6) is 1.32. The normalized spacial score (nSPS) is 10.7. The van der Waals surface area contributed by atoms with Crippen LogP contribution in [0.1, 0.15) is 21.8 Å². The molecule has 0 amide bonds. The molecule has 0 atom stereocenters. The molecule has 0 aliphatic rings. The van der Waals surface area contributed by atoms with E-state index in [1.54, 1.807) is 11.3 Å². The van der Waals surface area contributed by atoms with E-state index in [1.807, 2.05) is 17.5 Å². The molecule has 2 aromatic rings. The standard InChI is InChI=1S/C13H13BrClNOS/c1-8-3-11(4-9(2)13(8)14)17-6-12-16-10(5-15)7-18-12/h3-4,7H,5-6H2,1-2H3. The van der Waals surface area contributed by atoms with Gasteiger partial charge in [-0.1, -0.05) is 15.9 Å². The van der Waals surface area contributed by atoms with Crippen LogP contribution in [0, 0.1) is 13.8 Å². The predicted molar refractivity (Wildman–Crippen MR) is 79.6 cm³/mol. The average Bonchev–Trinajstić information content (AvgIpc) is 2.81. The van der Waals surface area contributed by atoms with Crippen molar-refractivity contribution in [2.24, 2.45) is 0 Å². The molecular formula is C13H13BrClNOS. The highest BCUT2D eigenvalue weighted by Gasteiger charge is 2.05. The summed E-state index contributed by atoms with van der Waals surface area (Å²) < 4.78 is 6.88. The van der Waals surface area contributed by atoms with Crippen molar-refractivity contribution in [3.05, 3.63) is 43.8 Å². The lowest BCUT2D eigenvalue weighted by Gasteiger charge is -2.08. The Bertz CT molecular complexity index is 533. The fraction of sp³-hybridized carbons (Fsp3) is 0.308. The van der Waals surface area contributed by atoms with Crippen LogP contribution in [0.5, 0.6) is 5.75 Å². The highest BCUT2D eigenvalue weighted by Crippen LogP contribution is 2.27. The molecule has 2 rings (SSSR count). The van der Waals surface area contributed by atoms with Crippen molar-refractivity contribution < 1.29 is 4.74 Å². The monoisotopic (exact) mass is 345 g/mol. The molecule has 0 aliphatic heterocycles. The lowest BCUT2D eigenvalue weighted by atomic mass is 10.1. The maximum Gasteiger partial charge on any atom is 0.140 e. The molecule has 1 heterocycles. The Labute approximate surface area is 124 Å². The molecule has 18 heavy (non-hydrogen) atoms.